The van der Waals surface area contributed by atoms with Crippen LogP contribution in [0.4, 0.5) is 4.39 Å². The van der Waals surface area contributed by atoms with Crippen molar-refractivity contribution >= 4 is 34.2 Å². The van der Waals surface area contributed by atoms with Crippen molar-refractivity contribution in [2.45, 2.75) is 56.5 Å². The van der Waals surface area contributed by atoms with E-state index < -0.39 is 49.2 Å². The Morgan fingerprint density at radius 1 is 1.15 bits per heavy atom. The van der Waals surface area contributed by atoms with Gasteiger partial charge in [-0.25, -0.2) is 14.4 Å². The first kappa shape index (κ1) is 22.9. The normalized spacial score (nSPS) is 28.2. The minimum Gasteiger partial charge on any atom is -0.393 e. The molecule has 6 atom stereocenters. The first-order valence-corrected chi connectivity index (χ1v) is 11.2. The van der Waals surface area contributed by atoms with E-state index >= 15 is 0 Å². The van der Waals surface area contributed by atoms with Crippen molar-refractivity contribution in [3.05, 3.63) is 58.1 Å². The van der Waals surface area contributed by atoms with Crippen molar-refractivity contribution in [3.63, 3.8) is 0 Å². The van der Waals surface area contributed by atoms with Gasteiger partial charge in [-0.3, -0.25) is 0 Å². The maximum atomic E-state index is 14.5. The Kier molecular flexibility index (Phi) is 5.85. The van der Waals surface area contributed by atoms with Gasteiger partial charge in [-0.05, 0) is 43.2 Å². The lowest BCUT2D eigenvalue weighted by Gasteiger charge is -2.28. The third-order valence-electron chi connectivity index (χ3n) is 5.98. The molecule has 176 valence electrons. The molecule has 0 amide bonds. The van der Waals surface area contributed by atoms with Crippen LogP contribution in [0.1, 0.15) is 43.5 Å². The van der Waals surface area contributed by atoms with E-state index in [0.717, 1.165) is 0 Å². The topological polar surface area (TPSA) is 98.9 Å². The molecule has 2 aromatic heterocycles. The summed E-state index contributed by atoms with van der Waals surface area (Å²) in [7, 11) is 0. The second kappa shape index (κ2) is 8.42. The summed E-state index contributed by atoms with van der Waals surface area (Å²) < 4.78 is 34.8. The number of benzene rings is 1. The molecule has 1 unspecified atom stereocenters. The number of alkyl halides is 1. The van der Waals surface area contributed by atoms with Gasteiger partial charge in [0.15, 0.2) is 12.0 Å². The van der Waals surface area contributed by atoms with Crippen LogP contribution in [0, 0.1) is 0 Å². The van der Waals surface area contributed by atoms with Gasteiger partial charge < -0.3 is 29.0 Å². The highest BCUT2D eigenvalue weighted by atomic mass is 35.5. The number of rotatable bonds is 5. The Morgan fingerprint density at radius 3 is 2.67 bits per heavy atom. The van der Waals surface area contributed by atoms with Crippen LogP contribution in [0.2, 0.25) is 10.2 Å². The molecule has 0 radical (unpaired) electrons. The van der Waals surface area contributed by atoms with Crippen LogP contribution >= 0.6 is 23.2 Å². The SMILES string of the molecule is CC1(C)O[C@@H]2[C@H](O1)C([C@H](O)c1ccc(Cl)cc1[C@@H](F)CO)O[C@H]2n1ccc2c(Cl)ncnc21. The third-order valence-corrected chi connectivity index (χ3v) is 6.51. The maximum Gasteiger partial charge on any atom is 0.164 e. The number of nitrogens with zero attached hydrogens (tertiary/aromatic N) is 3. The molecule has 33 heavy (non-hydrogen) atoms. The average Bonchev–Trinajstić information content (AvgIpc) is 3.43. The molecular formula is C22H22Cl2FN3O5. The summed E-state index contributed by atoms with van der Waals surface area (Å²) in [4.78, 5) is 8.32. The molecule has 11 heteroatoms. The second-order valence-electron chi connectivity index (χ2n) is 8.55. The Bertz CT molecular complexity index is 1190. The summed E-state index contributed by atoms with van der Waals surface area (Å²) in [6.45, 7) is 2.80. The standard InChI is InChI=1S/C22H22Cl2FN3O5/c1-22(2)32-17-16(15(30)11-4-3-10(23)7-13(11)14(25)8-29)31-21(18(17)33-22)28-6-5-12-19(24)26-9-27-20(12)28/h3-7,9,14-18,21,29-30H,8H2,1-2H3/t14-,15+,16?,17+,18+,21+/m0/s1. The minimum absolute atomic E-state index is 0.0882. The van der Waals surface area contributed by atoms with Crippen LogP contribution in [-0.4, -0.2) is 55.5 Å². The predicted octanol–water partition coefficient (Wildman–Crippen LogP) is 3.89. The van der Waals surface area contributed by atoms with Crippen molar-refractivity contribution in [2.75, 3.05) is 6.61 Å². The van der Waals surface area contributed by atoms with Crippen molar-refractivity contribution in [1.82, 2.24) is 14.5 Å². The molecular weight excluding hydrogens is 476 g/mol. The third kappa shape index (κ3) is 3.91. The molecule has 2 N–H and O–H groups in total. The summed E-state index contributed by atoms with van der Waals surface area (Å²) in [5.41, 5.74) is 0.880. The Labute approximate surface area is 198 Å². The van der Waals surface area contributed by atoms with Crippen LogP contribution in [0.15, 0.2) is 36.8 Å². The van der Waals surface area contributed by atoms with Gasteiger partial charge in [0.1, 0.15) is 47.7 Å². The molecule has 2 aliphatic heterocycles. The summed E-state index contributed by atoms with van der Waals surface area (Å²) in [5, 5.41) is 21.9. The van der Waals surface area contributed by atoms with E-state index in [2.05, 4.69) is 9.97 Å². The smallest absolute Gasteiger partial charge is 0.164 e. The average molecular weight is 498 g/mol. The fourth-order valence-corrected chi connectivity index (χ4v) is 4.96. The fraction of sp³-hybridized carbons (Fsp3) is 0.455. The van der Waals surface area contributed by atoms with E-state index in [0.29, 0.717) is 16.2 Å². The summed E-state index contributed by atoms with van der Waals surface area (Å²) in [6.07, 6.45) is -2.73. The first-order valence-electron chi connectivity index (χ1n) is 10.4. The van der Waals surface area contributed by atoms with E-state index in [4.69, 9.17) is 37.4 Å². The second-order valence-corrected chi connectivity index (χ2v) is 9.34. The molecule has 0 spiro atoms. The summed E-state index contributed by atoms with van der Waals surface area (Å²) in [6, 6.07) is 6.23. The number of fused-ring (bicyclic) bond motifs is 2. The molecule has 2 fully saturated rings. The van der Waals surface area contributed by atoms with Gasteiger partial charge in [-0.15, -0.1) is 0 Å². The van der Waals surface area contributed by atoms with Crippen LogP contribution < -0.4 is 0 Å². The van der Waals surface area contributed by atoms with Crippen molar-refractivity contribution in [1.29, 1.82) is 0 Å². The highest BCUT2D eigenvalue weighted by Crippen LogP contribution is 2.48. The van der Waals surface area contributed by atoms with Crippen molar-refractivity contribution in [2.24, 2.45) is 0 Å². The number of hydrogen-bond donors (Lipinski definition) is 2. The predicted molar refractivity (Wildman–Crippen MR) is 118 cm³/mol. The number of aliphatic hydroxyl groups is 2. The van der Waals surface area contributed by atoms with Crippen molar-refractivity contribution < 1.29 is 28.8 Å². The molecule has 8 nitrogen and oxygen atoms in total. The minimum atomic E-state index is -1.72. The van der Waals surface area contributed by atoms with Gasteiger partial charge in [0.05, 0.1) is 12.0 Å². The van der Waals surface area contributed by atoms with E-state index in [9.17, 15) is 14.6 Å². The zero-order valence-electron chi connectivity index (χ0n) is 17.7. The fourth-order valence-electron chi connectivity index (χ4n) is 4.59. The Hall–Kier alpha value is -1.85. The molecule has 3 aromatic rings. The van der Waals surface area contributed by atoms with Gasteiger partial charge in [-0.2, -0.15) is 0 Å². The first-order chi connectivity index (χ1) is 15.7. The highest BCUT2D eigenvalue weighted by Gasteiger charge is 2.58. The monoisotopic (exact) mass is 497 g/mol. The largest absolute Gasteiger partial charge is 0.393 e. The van der Waals surface area contributed by atoms with E-state index in [1.54, 1.807) is 36.7 Å². The van der Waals surface area contributed by atoms with Gasteiger partial charge in [0.2, 0.25) is 0 Å². The lowest BCUT2D eigenvalue weighted by atomic mass is 9.93. The molecule has 0 saturated carbocycles. The molecule has 0 aliphatic carbocycles. The molecule has 2 saturated heterocycles. The van der Waals surface area contributed by atoms with Crippen LogP contribution in [-0.2, 0) is 14.2 Å². The molecule has 4 heterocycles. The number of aromatic nitrogens is 3. The number of hydrogen-bond acceptors (Lipinski definition) is 7. The lowest BCUT2D eigenvalue weighted by Crippen LogP contribution is -2.34. The van der Waals surface area contributed by atoms with Gasteiger partial charge in [0.25, 0.3) is 0 Å². The number of ether oxygens (including phenoxy) is 3. The molecule has 2 aliphatic rings. The Balaban J connectivity index is 1.55. The van der Waals surface area contributed by atoms with E-state index in [1.807, 2.05) is 0 Å². The number of aliphatic hydroxyl groups excluding tert-OH is 2. The summed E-state index contributed by atoms with van der Waals surface area (Å²) >= 11 is 12.2. The highest BCUT2D eigenvalue weighted by molar-refractivity contribution is 6.33. The van der Waals surface area contributed by atoms with Crippen LogP contribution in [0.5, 0.6) is 0 Å². The molecule has 0 bridgehead atoms. The Morgan fingerprint density at radius 2 is 1.91 bits per heavy atom. The van der Waals surface area contributed by atoms with Gasteiger partial charge in [0, 0.05) is 11.2 Å². The lowest BCUT2D eigenvalue weighted by molar-refractivity contribution is -0.207. The van der Waals surface area contributed by atoms with E-state index in [1.165, 1.54) is 18.5 Å². The quantitative estimate of drug-likeness (QED) is 0.515. The summed E-state index contributed by atoms with van der Waals surface area (Å²) in [5.74, 6) is -0.929. The van der Waals surface area contributed by atoms with Crippen LogP contribution in [0.25, 0.3) is 11.0 Å². The van der Waals surface area contributed by atoms with Crippen molar-refractivity contribution in [3.8, 4) is 0 Å². The zero-order valence-corrected chi connectivity index (χ0v) is 19.2. The maximum absolute atomic E-state index is 14.5. The van der Waals surface area contributed by atoms with Crippen LogP contribution in [0.3, 0.4) is 0 Å². The zero-order chi connectivity index (χ0) is 23.5. The van der Waals surface area contributed by atoms with Gasteiger partial charge in [-0.1, -0.05) is 29.3 Å². The number of halogens is 3. The molecule has 1 aromatic carbocycles. The van der Waals surface area contributed by atoms with Gasteiger partial charge >= 0.3 is 0 Å². The molecule has 5 rings (SSSR count). The van der Waals surface area contributed by atoms with E-state index in [-0.39, 0.29) is 16.1 Å².